The molecule has 0 saturated carbocycles. The number of likely N-dealkylation sites (N-methyl/N-ethyl adjacent to an activating group) is 1. The first-order chi connectivity index (χ1) is 28.1. The van der Waals surface area contributed by atoms with Crippen LogP contribution >= 0.6 is 0 Å². The standard InChI is InChI=1S/C50H87NO7/c1-6-8-10-12-14-16-18-19-20-21-22-23-24-25-26-27-28-29-31-32-34-36-38-40-48(52)57-45-46(44-56-43-42-47(50(54)55)51(3,4)5)58-49(53)41-39-37-35-33-30-17-15-13-11-9-7-2/h8,10,14,16,19-20,22-23,25-26,46-47H,6-7,9,11-13,15,17-18,21,24,27-45H2,1-5H3/p+1/b10-8+,16-14+,20-19+,23-22+,26-25+. The molecule has 0 spiro atoms. The van der Waals surface area contributed by atoms with Crippen molar-refractivity contribution < 1.29 is 38.2 Å². The third-order valence-corrected chi connectivity index (χ3v) is 10.2. The van der Waals surface area contributed by atoms with Gasteiger partial charge in [-0.25, -0.2) is 4.79 Å². The molecule has 0 heterocycles. The molecule has 8 nitrogen and oxygen atoms in total. The van der Waals surface area contributed by atoms with E-state index in [-0.39, 0.29) is 36.2 Å². The van der Waals surface area contributed by atoms with Gasteiger partial charge in [-0.3, -0.25) is 9.59 Å². The summed E-state index contributed by atoms with van der Waals surface area (Å²) in [6, 6.07) is -0.616. The normalized spacial score (nSPS) is 13.5. The smallest absolute Gasteiger partial charge is 0.362 e. The number of quaternary nitrogens is 1. The van der Waals surface area contributed by atoms with Crippen LogP contribution in [-0.2, 0) is 28.6 Å². The maximum atomic E-state index is 12.7. The Bertz CT molecular complexity index is 1130. The highest BCUT2D eigenvalue weighted by molar-refractivity contribution is 5.72. The fourth-order valence-corrected chi connectivity index (χ4v) is 6.59. The Labute approximate surface area is 356 Å². The lowest BCUT2D eigenvalue weighted by atomic mass is 10.1. The molecule has 0 bridgehead atoms. The number of aliphatic carboxylic acids is 1. The quantitative estimate of drug-likeness (QED) is 0.0284. The van der Waals surface area contributed by atoms with Gasteiger partial charge in [0.25, 0.3) is 0 Å². The van der Waals surface area contributed by atoms with Crippen molar-refractivity contribution >= 4 is 17.9 Å². The van der Waals surface area contributed by atoms with E-state index >= 15 is 0 Å². The SMILES string of the molecule is CC/C=C/C/C=C/C/C=C/C/C=C/C/C=C/CCCCCCCCCC(=O)OCC(COCCC(C(=O)O)[N+](C)(C)C)OC(=O)CCCCCCCCCCCCC. The van der Waals surface area contributed by atoms with Crippen LogP contribution in [0.4, 0.5) is 0 Å². The van der Waals surface area contributed by atoms with E-state index < -0.39 is 18.1 Å². The zero-order valence-electron chi connectivity index (χ0n) is 38.0. The first-order valence-corrected chi connectivity index (χ1v) is 23.3. The maximum Gasteiger partial charge on any atom is 0.362 e. The Morgan fingerprint density at radius 1 is 0.534 bits per heavy atom. The molecule has 0 fully saturated rings. The molecule has 0 amide bonds. The Balaban J connectivity index is 4.25. The topological polar surface area (TPSA) is 99.1 Å². The third kappa shape index (κ3) is 38.5. The maximum absolute atomic E-state index is 12.7. The fraction of sp³-hybridized carbons (Fsp3) is 0.740. The van der Waals surface area contributed by atoms with E-state index in [9.17, 15) is 19.5 Å². The number of allylic oxidation sites excluding steroid dienone is 10. The first-order valence-electron chi connectivity index (χ1n) is 23.3. The summed E-state index contributed by atoms with van der Waals surface area (Å²) in [4.78, 5) is 37.0. The van der Waals surface area contributed by atoms with Gasteiger partial charge in [0.05, 0.1) is 34.4 Å². The predicted octanol–water partition coefficient (Wildman–Crippen LogP) is 13.0. The lowest BCUT2D eigenvalue weighted by molar-refractivity contribution is -0.887. The van der Waals surface area contributed by atoms with Crippen LogP contribution in [0.1, 0.15) is 187 Å². The van der Waals surface area contributed by atoms with Crippen LogP contribution in [0.2, 0.25) is 0 Å². The number of rotatable bonds is 41. The molecule has 0 aliphatic carbocycles. The van der Waals surface area contributed by atoms with E-state index in [1.54, 1.807) is 0 Å². The average Bonchev–Trinajstić information content (AvgIpc) is 3.18. The molecule has 0 aromatic heterocycles. The van der Waals surface area contributed by atoms with Crippen molar-refractivity contribution in [3.8, 4) is 0 Å². The summed E-state index contributed by atoms with van der Waals surface area (Å²) >= 11 is 0. The number of carboxylic acids is 1. The van der Waals surface area contributed by atoms with E-state index in [0.717, 1.165) is 77.0 Å². The van der Waals surface area contributed by atoms with Crippen LogP contribution in [0.25, 0.3) is 0 Å². The fourth-order valence-electron chi connectivity index (χ4n) is 6.59. The van der Waals surface area contributed by atoms with Crippen molar-refractivity contribution in [2.75, 3.05) is 41.0 Å². The Morgan fingerprint density at radius 2 is 0.966 bits per heavy atom. The van der Waals surface area contributed by atoms with Crippen LogP contribution in [0.15, 0.2) is 60.8 Å². The summed E-state index contributed by atoms with van der Waals surface area (Å²) in [5.74, 6) is -1.48. The number of unbranched alkanes of at least 4 members (excludes halogenated alkanes) is 17. The number of ether oxygens (including phenoxy) is 3. The molecule has 0 radical (unpaired) electrons. The number of hydrogen-bond acceptors (Lipinski definition) is 6. The molecule has 334 valence electrons. The van der Waals surface area contributed by atoms with Crippen molar-refractivity contribution in [1.29, 1.82) is 0 Å². The second-order valence-corrected chi connectivity index (χ2v) is 16.6. The van der Waals surface area contributed by atoms with Crippen molar-refractivity contribution in [2.45, 2.75) is 199 Å². The summed E-state index contributed by atoms with van der Waals surface area (Å²) in [7, 11) is 5.52. The van der Waals surface area contributed by atoms with Crippen molar-refractivity contribution in [2.24, 2.45) is 0 Å². The molecular weight excluding hydrogens is 727 g/mol. The number of carbonyl (C=O) groups excluding carboxylic acids is 2. The van der Waals surface area contributed by atoms with Crippen molar-refractivity contribution in [3.05, 3.63) is 60.8 Å². The van der Waals surface area contributed by atoms with Gasteiger partial charge in [-0.05, 0) is 57.8 Å². The summed E-state index contributed by atoms with van der Waals surface area (Å²) in [5, 5.41) is 9.62. The molecule has 0 aromatic carbocycles. The number of esters is 2. The van der Waals surface area contributed by atoms with Crippen LogP contribution in [-0.4, -0.2) is 80.6 Å². The molecule has 58 heavy (non-hydrogen) atoms. The van der Waals surface area contributed by atoms with E-state index in [1.165, 1.54) is 77.0 Å². The highest BCUT2D eigenvalue weighted by Crippen LogP contribution is 2.14. The number of nitrogens with zero attached hydrogens (tertiary/aromatic N) is 1. The number of carboxylic acid groups (broad SMARTS) is 1. The van der Waals surface area contributed by atoms with E-state index in [0.29, 0.717) is 19.3 Å². The summed E-state index contributed by atoms with van der Waals surface area (Å²) in [5.41, 5.74) is 0. The molecule has 8 heteroatoms. The molecule has 0 aliphatic heterocycles. The largest absolute Gasteiger partial charge is 0.477 e. The van der Waals surface area contributed by atoms with E-state index in [2.05, 4.69) is 74.6 Å². The minimum Gasteiger partial charge on any atom is -0.477 e. The predicted molar refractivity (Wildman–Crippen MR) is 243 cm³/mol. The van der Waals surface area contributed by atoms with Gasteiger partial charge in [0.15, 0.2) is 12.1 Å². The molecule has 1 N–H and O–H groups in total. The third-order valence-electron chi connectivity index (χ3n) is 10.2. The second-order valence-electron chi connectivity index (χ2n) is 16.6. The van der Waals surface area contributed by atoms with Gasteiger partial charge in [0, 0.05) is 19.3 Å². The van der Waals surface area contributed by atoms with Crippen LogP contribution in [0.5, 0.6) is 0 Å². The monoisotopic (exact) mass is 815 g/mol. The van der Waals surface area contributed by atoms with Gasteiger partial charge in [-0.2, -0.15) is 0 Å². The van der Waals surface area contributed by atoms with E-state index in [1.807, 2.05) is 21.1 Å². The van der Waals surface area contributed by atoms with Crippen LogP contribution in [0.3, 0.4) is 0 Å². The molecule has 0 aromatic rings. The molecule has 0 rings (SSSR count). The second kappa shape index (κ2) is 40.8. The number of hydrogen-bond donors (Lipinski definition) is 1. The highest BCUT2D eigenvalue weighted by Gasteiger charge is 2.31. The highest BCUT2D eigenvalue weighted by atomic mass is 16.6. The minimum absolute atomic E-state index is 0.0571. The van der Waals surface area contributed by atoms with Gasteiger partial charge in [0.2, 0.25) is 0 Å². The van der Waals surface area contributed by atoms with Gasteiger partial charge in [-0.1, -0.05) is 171 Å². The molecule has 2 unspecified atom stereocenters. The zero-order chi connectivity index (χ0) is 42.8. The zero-order valence-corrected chi connectivity index (χ0v) is 38.0. The number of carbonyl (C=O) groups is 3. The lowest BCUT2D eigenvalue weighted by Gasteiger charge is -2.31. The first kappa shape index (κ1) is 55.0. The molecular formula is C50H88NO7+. The summed E-state index contributed by atoms with van der Waals surface area (Å²) in [6.45, 7) is 4.60. The van der Waals surface area contributed by atoms with Gasteiger partial charge < -0.3 is 23.8 Å². The van der Waals surface area contributed by atoms with Gasteiger partial charge >= 0.3 is 17.9 Å². The molecule has 0 aliphatic rings. The van der Waals surface area contributed by atoms with Crippen LogP contribution < -0.4 is 0 Å². The Kier molecular flexibility index (Phi) is 38.7. The minimum atomic E-state index is -0.878. The Hall–Kier alpha value is -2.97. The summed E-state index contributed by atoms with van der Waals surface area (Å²) in [6.07, 6.45) is 49.8. The van der Waals surface area contributed by atoms with Gasteiger partial charge in [-0.15, -0.1) is 0 Å². The van der Waals surface area contributed by atoms with Crippen molar-refractivity contribution in [3.63, 3.8) is 0 Å². The van der Waals surface area contributed by atoms with Gasteiger partial charge in [0.1, 0.15) is 6.61 Å². The lowest BCUT2D eigenvalue weighted by Crippen LogP contribution is -2.50. The summed E-state index contributed by atoms with van der Waals surface area (Å²) < 4.78 is 17.3. The molecule has 0 saturated heterocycles. The Morgan fingerprint density at radius 3 is 1.43 bits per heavy atom. The van der Waals surface area contributed by atoms with E-state index in [4.69, 9.17) is 14.2 Å². The van der Waals surface area contributed by atoms with Crippen molar-refractivity contribution in [1.82, 2.24) is 0 Å². The average molecular weight is 815 g/mol. The van der Waals surface area contributed by atoms with Crippen LogP contribution in [0, 0.1) is 0 Å². The molecule has 2 atom stereocenters.